The van der Waals surface area contributed by atoms with Gasteiger partial charge in [0.25, 0.3) is 0 Å². The molecule has 17 heavy (non-hydrogen) atoms. The molecule has 1 N–H and O–H groups in total. The van der Waals surface area contributed by atoms with Crippen LogP contribution in [0.1, 0.15) is 24.3 Å². The summed E-state index contributed by atoms with van der Waals surface area (Å²) in [6.07, 6.45) is 1.63. The summed E-state index contributed by atoms with van der Waals surface area (Å²) in [5, 5.41) is 7.73. The van der Waals surface area contributed by atoms with Crippen molar-refractivity contribution in [3.8, 4) is 0 Å². The van der Waals surface area contributed by atoms with Gasteiger partial charge in [0.15, 0.2) is 0 Å². The van der Waals surface area contributed by atoms with E-state index in [2.05, 4.69) is 33.3 Å². The number of rotatable bonds is 4. The molecule has 1 aromatic heterocycles. The molecule has 0 aliphatic rings. The highest BCUT2D eigenvalue weighted by Gasteiger charge is 2.10. The molecular formula is C12H12BrClN2O. The lowest BCUT2D eigenvalue weighted by Crippen LogP contribution is -2.18. The Morgan fingerprint density at radius 3 is 2.94 bits per heavy atom. The van der Waals surface area contributed by atoms with Crippen LogP contribution in [0.15, 0.2) is 39.5 Å². The van der Waals surface area contributed by atoms with Gasteiger partial charge in [0.1, 0.15) is 5.76 Å². The van der Waals surface area contributed by atoms with E-state index < -0.39 is 0 Å². The van der Waals surface area contributed by atoms with Gasteiger partial charge in [-0.3, -0.25) is 0 Å². The van der Waals surface area contributed by atoms with Crippen LogP contribution >= 0.6 is 27.5 Å². The minimum atomic E-state index is 0.153. The van der Waals surface area contributed by atoms with E-state index in [4.69, 9.17) is 16.1 Å². The fourth-order valence-electron chi connectivity index (χ4n) is 1.55. The first-order valence-electron chi connectivity index (χ1n) is 5.24. The van der Waals surface area contributed by atoms with Gasteiger partial charge in [-0.05, 0) is 24.6 Å². The summed E-state index contributed by atoms with van der Waals surface area (Å²) < 4.78 is 6.00. The summed E-state index contributed by atoms with van der Waals surface area (Å²) in [4.78, 5) is 0. The molecular weight excluding hydrogens is 304 g/mol. The Kier molecular flexibility index (Phi) is 4.20. The highest BCUT2D eigenvalue weighted by molar-refractivity contribution is 9.10. The number of hydrogen-bond acceptors (Lipinski definition) is 3. The maximum absolute atomic E-state index is 6.18. The molecule has 0 spiro atoms. The summed E-state index contributed by atoms with van der Waals surface area (Å²) in [7, 11) is 0. The molecule has 0 saturated heterocycles. The minimum absolute atomic E-state index is 0.153. The first kappa shape index (κ1) is 12.6. The maximum Gasteiger partial charge on any atom is 0.150 e. The van der Waals surface area contributed by atoms with Crippen LogP contribution in [-0.2, 0) is 6.54 Å². The molecule has 0 saturated carbocycles. The molecule has 1 heterocycles. The third kappa shape index (κ3) is 3.31. The molecule has 5 heteroatoms. The van der Waals surface area contributed by atoms with Crippen LogP contribution in [0.25, 0.3) is 0 Å². The smallest absolute Gasteiger partial charge is 0.150 e. The summed E-state index contributed by atoms with van der Waals surface area (Å²) >= 11 is 9.57. The molecule has 0 bridgehead atoms. The Bertz CT molecular complexity index is 487. The van der Waals surface area contributed by atoms with Crippen LogP contribution in [-0.4, -0.2) is 5.16 Å². The molecule has 1 unspecified atom stereocenters. The van der Waals surface area contributed by atoms with Gasteiger partial charge in [-0.15, -0.1) is 0 Å². The fraction of sp³-hybridized carbons (Fsp3) is 0.250. The van der Waals surface area contributed by atoms with Crippen LogP contribution in [0.5, 0.6) is 0 Å². The van der Waals surface area contributed by atoms with E-state index in [1.54, 1.807) is 6.20 Å². The zero-order valence-corrected chi connectivity index (χ0v) is 11.6. The number of nitrogens with zero attached hydrogens (tertiary/aromatic N) is 1. The van der Waals surface area contributed by atoms with Crippen LogP contribution in [0, 0.1) is 0 Å². The maximum atomic E-state index is 6.18. The van der Waals surface area contributed by atoms with Crippen molar-refractivity contribution in [3.63, 3.8) is 0 Å². The van der Waals surface area contributed by atoms with E-state index in [1.807, 2.05) is 24.3 Å². The lowest BCUT2D eigenvalue weighted by atomic mass is 10.1. The largest absolute Gasteiger partial charge is 0.360 e. The van der Waals surface area contributed by atoms with E-state index in [1.165, 1.54) is 0 Å². The molecule has 0 aliphatic carbocycles. The molecule has 90 valence electrons. The molecule has 2 aromatic rings. The van der Waals surface area contributed by atoms with Crippen LogP contribution in [0.4, 0.5) is 0 Å². The lowest BCUT2D eigenvalue weighted by Gasteiger charge is -2.14. The zero-order chi connectivity index (χ0) is 12.3. The summed E-state index contributed by atoms with van der Waals surface area (Å²) in [5.74, 6) is 0.810. The highest BCUT2D eigenvalue weighted by atomic mass is 79.9. The van der Waals surface area contributed by atoms with Crippen LogP contribution < -0.4 is 5.32 Å². The SMILES string of the molecule is CC(NCc1ccno1)c1ccc(Br)cc1Cl. The molecule has 3 nitrogen and oxygen atoms in total. The van der Waals surface area contributed by atoms with Crippen molar-refractivity contribution >= 4 is 27.5 Å². The van der Waals surface area contributed by atoms with E-state index in [9.17, 15) is 0 Å². The lowest BCUT2D eigenvalue weighted by molar-refractivity contribution is 0.366. The van der Waals surface area contributed by atoms with Crippen LogP contribution in [0.3, 0.4) is 0 Å². The minimum Gasteiger partial charge on any atom is -0.360 e. The number of aromatic nitrogens is 1. The van der Waals surface area contributed by atoms with Crippen molar-refractivity contribution in [1.82, 2.24) is 10.5 Å². The van der Waals surface area contributed by atoms with Gasteiger partial charge in [0.2, 0.25) is 0 Å². The van der Waals surface area contributed by atoms with Crippen molar-refractivity contribution in [3.05, 3.63) is 51.3 Å². The Balaban J connectivity index is 2.01. The molecule has 2 rings (SSSR count). The molecule has 0 fully saturated rings. The Morgan fingerprint density at radius 1 is 1.47 bits per heavy atom. The third-order valence-corrected chi connectivity index (χ3v) is 3.32. The van der Waals surface area contributed by atoms with Gasteiger partial charge in [-0.2, -0.15) is 0 Å². The quantitative estimate of drug-likeness (QED) is 0.928. The first-order valence-corrected chi connectivity index (χ1v) is 6.42. The topological polar surface area (TPSA) is 38.1 Å². The van der Waals surface area contributed by atoms with Crippen molar-refractivity contribution in [1.29, 1.82) is 0 Å². The molecule has 1 atom stereocenters. The molecule has 0 aliphatic heterocycles. The van der Waals surface area contributed by atoms with Crippen molar-refractivity contribution in [2.75, 3.05) is 0 Å². The summed E-state index contributed by atoms with van der Waals surface area (Å²) in [6, 6.07) is 7.87. The predicted molar refractivity (Wildman–Crippen MR) is 70.9 cm³/mol. The second-order valence-corrected chi connectivity index (χ2v) is 5.07. The number of hydrogen-bond donors (Lipinski definition) is 1. The van der Waals surface area contributed by atoms with E-state index in [-0.39, 0.29) is 6.04 Å². The van der Waals surface area contributed by atoms with Crippen molar-refractivity contribution in [2.45, 2.75) is 19.5 Å². The Morgan fingerprint density at radius 2 is 2.29 bits per heavy atom. The van der Waals surface area contributed by atoms with Crippen LogP contribution in [0.2, 0.25) is 5.02 Å². The second-order valence-electron chi connectivity index (χ2n) is 3.75. The Hall–Kier alpha value is -0.840. The van der Waals surface area contributed by atoms with E-state index >= 15 is 0 Å². The third-order valence-electron chi connectivity index (χ3n) is 2.50. The summed E-state index contributed by atoms with van der Waals surface area (Å²) in [6.45, 7) is 2.69. The van der Waals surface area contributed by atoms with Gasteiger partial charge in [0, 0.05) is 21.6 Å². The van der Waals surface area contributed by atoms with Gasteiger partial charge < -0.3 is 9.84 Å². The van der Waals surface area contributed by atoms with Gasteiger partial charge >= 0.3 is 0 Å². The van der Waals surface area contributed by atoms with Gasteiger partial charge in [-0.1, -0.05) is 38.8 Å². The highest BCUT2D eigenvalue weighted by Crippen LogP contribution is 2.26. The van der Waals surface area contributed by atoms with Crippen molar-refractivity contribution < 1.29 is 4.52 Å². The van der Waals surface area contributed by atoms with E-state index in [0.29, 0.717) is 6.54 Å². The Labute approximate surface area is 113 Å². The average Bonchev–Trinajstić information content (AvgIpc) is 2.78. The van der Waals surface area contributed by atoms with Crippen molar-refractivity contribution in [2.24, 2.45) is 0 Å². The predicted octanol–water partition coefficient (Wildman–Crippen LogP) is 3.94. The molecule has 1 aromatic carbocycles. The monoisotopic (exact) mass is 314 g/mol. The van der Waals surface area contributed by atoms with Gasteiger partial charge in [0.05, 0.1) is 12.7 Å². The average molecular weight is 316 g/mol. The number of halogens is 2. The standard InChI is InChI=1S/C12H12BrClN2O/c1-8(15-7-10-4-5-16-17-10)11-3-2-9(13)6-12(11)14/h2-6,8,15H,7H2,1H3. The second kappa shape index (κ2) is 5.67. The summed E-state index contributed by atoms with van der Waals surface area (Å²) in [5.41, 5.74) is 1.06. The molecule has 0 radical (unpaired) electrons. The fourth-order valence-corrected chi connectivity index (χ4v) is 2.39. The van der Waals surface area contributed by atoms with Gasteiger partial charge in [-0.25, -0.2) is 0 Å². The normalized spacial score (nSPS) is 12.6. The number of nitrogens with one attached hydrogen (secondary N) is 1. The van der Waals surface area contributed by atoms with E-state index in [0.717, 1.165) is 20.8 Å². The molecule has 0 amide bonds. The zero-order valence-electron chi connectivity index (χ0n) is 9.28. The first-order chi connectivity index (χ1) is 8.16. The number of benzene rings is 1.